The van der Waals surface area contributed by atoms with Crippen molar-refractivity contribution >= 4 is 0 Å². The number of aliphatic hydroxyl groups excluding tert-OH is 1. The molecular weight excluding hydrogens is 120 g/mol. The first-order valence-electron chi connectivity index (χ1n) is 2.96. The van der Waals surface area contributed by atoms with Gasteiger partial charge in [-0.25, -0.2) is 0 Å². The van der Waals surface area contributed by atoms with E-state index in [-0.39, 0.29) is 6.61 Å². The van der Waals surface area contributed by atoms with Crippen molar-refractivity contribution in [3.8, 4) is 0 Å². The van der Waals surface area contributed by atoms with Gasteiger partial charge in [0, 0.05) is 0 Å². The molecule has 3 nitrogen and oxygen atoms in total. The Kier molecular flexibility index (Phi) is 3.11. The van der Waals surface area contributed by atoms with Crippen LogP contribution in [0.1, 0.15) is 20.8 Å². The number of aliphatic hydroxyl groups is 2. The highest BCUT2D eigenvalue weighted by Crippen LogP contribution is 2.02. The van der Waals surface area contributed by atoms with E-state index in [1.54, 1.807) is 6.92 Å². The van der Waals surface area contributed by atoms with E-state index in [9.17, 15) is 0 Å². The Morgan fingerprint density at radius 3 is 2.11 bits per heavy atom. The smallest absolute Gasteiger partial charge is 0.159 e. The van der Waals surface area contributed by atoms with Crippen LogP contribution in [0.3, 0.4) is 0 Å². The highest BCUT2D eigenvalue weighted by Gasteiger charge is 2.12. The standard InChI is InChI=1S/C6H14O3/c1-5(7)4-9-6(2,3)8/h5,7-8H,4H2,1-3H3. The number of rotatable bonds is 3. The third-order valence-corrected chi connectivity index (χ3v) is 0.678. The Bertz CT molecular complexity index is 72.9. The molecule has 56 valence electrons. The van der Waals surface area contributed by atoms with Crippen LogP contribution in [0.15, 0.2) is 0 Å². The second-order valence-electron chi connectivity index (χ2n) is 2.61. The Balaban J connectivity index is 3.28. The van der Waals surface area contributed by atoms with Gasteiger partial charge in [0.1, 0.15) is 0 Å². The maximum Gasteiger partial charge on any atom is 0.159 e. The first kappa shape index (κ1) is 8.88. The quantitative estimate of drug-likeness (QED) is 0.539. The maximum absolute atomic E-state index is 8.93. The Hall–Kier alpha value is -0.120. The predicted octanol–water partition coefficient (Wildman–Crippen LogP) is 0.112. The molecule has 2 N–H and O–H groups in total. The third-order valence-electron chi connectivity index (χ3n) is 0.678. The van der Waals surface area contributed by atoms with Crippen molar-refractivity contribution in [3.63, 3.8) is 0 Å². The van der Waals surface area contributed by atoms with E-state index < -0.39 is 11.9 Å². The van der Waals surface area contributed by atoms with Crippen molar-refractivity contribution in [1.29, 1.82) is 0 Å². The topological polar surface area (TPSA) is 49.7 Å². The summed E-state index contributed by atoms with van der Waals surface area (Å²) in [4.78, 5) is 0. The molecule has 0 spiro atoms. The van der Waals surface area contributed by atoms with Crippen LogP contribution < -0.4 is 0 Å². The zero-order valence-corrected chi connectivity index (χ0v) is 6.09. The van der Waals surface area contributed by atoms with Gasteiger partial charge < -0.3 is 14.9 Å². The normalized spacial score (nSPS) is 15.7. The van der Waals surface area contributed by atoms with Gasteiger partial charge in [-0.2, -0.15) is 0 Å². The molecule has 0 rings (SSSR count). The molecule has 0 aliphatic heterocycles. The summed E-state index contributed by atoms with van der Waals surface area (Å²) < 4.78 is 4.80. The van der Waals surface area contributed by atoms with Gasteiger partial charge in [-0.3, -0.25) is 0 Å². The molecule has 0 aromatic rings. The highest BCUT2D eigenvalue weighted by atomic mass is 16.6. The molecule has 3 heteroatoms. The molecule has 1 unspecified atom stereocenters. The van der Waals surface area contributed by atoms with E-state index in [1.165, 1.54) is 13.8 Å². The first-order chi connectivity index (χ1) is 3.92. The Morgan fingerprint density at radius 2 is 2.00 bits per heavy atom. The van der Waals surface area contributed by atoms with Crippen molar-refractivity contribution in [2.45, 2.75) is 32.7 Å². The van der Waals surface area contributed by atoms with Gasteiger partial charge in [-0.1, -0.05) is 0 Å². The maximum atomic E-state index is 8.93. The molecule has 9 heavy (non-hydrogen) atoms. The second kappa shape index (κ2) is 3.15. The molecule has 0 saturated carbocycles. The summed E-state index contributed by atoms with van der Waals surface area (Å²) in [6.45, 7) is 4.82. The largest absolute Gasteiger partial charge is 0.391 e. The van der Waals surface area contributed by atoms with Gasteiger partial charge in [0.25, 0.3) is 0 Å². The lowest BCUT2D eigenvalue weighted by Gasteiger charge is -2.18. The van der Waals surface area contributed by atoms with E-state index in [0.717, 1.165) is 0 Å². The molecule has 0 aliphatic rings. The number of ether oxygens (including phenoxy) is 1. The van der Waals surface area contributed by atoms with Crippen LogP contribution in [0.25, 0.3) is 0 Å². The van der Waals surface area contributed by atoms with Crippen molar-refractivity contribution in [3.05, 3.63) is 0 Å². The van der Waals surface area contributed by atoms with E-state index in [1.807, 2.05) is 0 Å². The Morgan fingerprint density at radius 1 is 1.56 bits per heavy atom. The lowest BCUT2D eigenvalue weighted by atomic mass is 10.4. The molecule has 0 bridgehead atoms. The Labute approximate surface area is 55.3 Å². The van der Waals surface area contributed by atoms with Gasteiger partial charge in [0.05, 0.1) is 12.7 Å². The van der Waals surface area contributed by atoms with Crippen LogP contribution in [0, 0.1) is 0 Å². The van der Waals surface area contributed by atoms with Gasteiger partial charge in [-0.05, 0) is 20.8 Å². The number of hydrogen-bond donors (Lipinski definition) is 2. The fraction of sp³-hybridized carbons (Fsp3) is 1.00. The minimum absolute atomic E-state index is 0.170. The van der Waals surface area contributed by atoms with Crippen molar-refractivity contribution in [1.82, 2.24) is 0 Å². The zero-order valence-electron chi connectivity index (χ0n) is 6.09. The summed E-state index contributed by atoms with van der Waals surface area (Å²) in [5.74, 6) is -1.13. The molecule has 0 aliphatic carbocycles. The average Bonchev–Trinajstić information content (AvgIpc) is 1.59. The van der Waals surface area contributed by atoms with Crippen molar-refractivity contribution in [2.24, 2.45) is 0 Å². The SMILES string of the molecule is CC(O)COC(C)(C)O. The number of hydrogen-bond acceptors (Lipinski definition) is 3. The molecule has 0 aromatic carbocycles. The summed E-state index contributed by atoms with van der Waals surface area (Å²) in [7, 11) is 0. The van der Waals surface area contributed by atoms with Crippen molar-refractivity contribution in [2.75, 3.05) is 6.61 Å². The van der Waals surface area contributed by atoms with E-state index in [4.69, 9.17) is 14.9 Å². The van der Waals surface area contributed by atoms with E-state index in [0.29, 0.717) is 0 Å². The molecule has 0 fully saturated rings. The lowest BCUT2D eigenvalue weighted by Crippen LogP contribution is -2.27. The fourth-order valence-corrected chi connectivity index (χ4v) is 0.325. The first-order valence-corrected chi connectivity index (χ1v) is 2.96. The van der Waals surface area contributed by atoms with Crippen LogP contribution in [0.4, 0.5) is 0 Å². The van der Waals surface area contributed by atoms with Crippen LogP contribution in [0.5, 0.6) is 0 Å². The van der Waals surface area contributed by atoms with Crippen LogP contribution >= 0.6 is 0 Å². The molecule has 0 aromatic heterocycles. The van der Waals surface area contributed by atoms with Crippen LogP contribution in [-0.2, 0) is 4.74 Å². The average molecular weight is 134 g/mol. The van der Waals surface area contributed by atoms with Gasteiger partial charge in [0.2, 0.25) is 0 Å². The van der Waals surface area contributed by atoms with Gasteiger partial charge >= 0.3 is 0 Å². The lowest BCUT2D eigenvalue weighted by molar-refractivity contribution is -0.188. The highest BCUT2D eigenvalue weighted by molar-refractivity contribution is 4.50. The van der Waals surface area contributed by atoms with Gasteiger partial charge in [0.15, 0.2) is 5.79 Å². The molecule has 1 atom stereocenters. The summed E-state index contributed by atoms with van der Waals surface area (Å²) in [6, 6.07) is 0. The minimum Gasteiger partial charge on any atom is -0.391 e. The second-order valence-corrected chi connectivity index (χ2v) is 2.61. The van der Waals surface area contributed by atoms with E-state index >= 15 is 0 Å². The molecule has 0 amide bonds. The molecule has 0 heterocycles. The van der Waals surface area contributed by atoms with Gasteiger partial charge in [-0.15, -0.1) is 0 Å². The monoisotopic (exact) mass is 134 g/mol. The summed E-state index contributed by atoms with van der Waals surface area (Å²) >= 11 is 0. The van der Waals surface area contributed by atoms with Crippen molar-refractivity contribution < 1.29 is 14.9 Å². The third kappa shape index (κ3) is 7.88. The molecule has 0 saturated heterocycles. The van der Waals surface area contributed by atoms with Crippen LogP contribution in [-0.4, -0.2) is 28.7 Å². The zero-order chi connectivity index (χ0) is 7.49. The minimum atomic E-state index is -1.13. The van der Waals surface area contributed by atoms with Crippen LogP contribution in [0.2, 0.25) is 0 Å². The summed E-state index contributed by atoms with van der Waals surface area (Å²) in [5, 5.41) is 17.6. The summed E-state index contributed by atoms with van der Waals surface area (Å²) in [5.41, 5.74) is 0. The summed E-state index contributed by atoms with van der Waals surface area (Å²) in [6.07, 6.45) is -0.517. The van der Waals surface area contributed by atoms with E-state index in [2.05, 4.69) is 0 Å². The molecule has 0 radical (unpaired) electrons. The molecular formula is C6H14O3. The fourth-order valence-electron chi connectivity index (χ4n) is 0.325. The predicted molar refractivity (Wildman–Crippen MR) is 33.9 cm³/mol.